The Morgan fingerprint density at radius 1 is 1.22 bits per heavy atom. The second kappa shape index (κ2) is 8.32. The molecule has 0 fully saturated rings. The van der Waals surface area contributed by atoms with Crippen molar-refractivity contribution in [2.45, 2.75) is 32.5 Å². The standard InChI is InChI=1S/C18H22F3N3O3/c1-11-9-16(18(19,20)21)23-24(11)12(2)17(25)22-8-7-13-5-6-14(26-3)15(10-13)27-4/h5-6,9-10,12H,7-8H2,1-4H3,(H,22,25). The smallest absolute Gasteiger partial charge is 0.435 e. The van der Waals surface area contributed by atoms with Gasteiger partial charge in [-0.2, -0.15) is 18.3 Å². The van der Waals surface area contributed by atoms with Gasteiger partial charge in [-0.1, -0.05) is 6.07 Å². The van der Waals surface area contributed by atoms with Crippen molar-refractivity contribution in [2.75, 3.05) is 20.8 Å². The van der Waals surface area contributed by atoms with Gasteiger partial charge in [0.05, 0.1) is 14.2 Å². The molecule has 1 N–H and O–H groups in total. The monoisotopic (exact) mass is 385 g/mol. The summed E-state index contributed by atoms with van der Waals surface area (Å²) >= 11 is 0. The highest BCUT2D eigenvalue weighted by Crippen LogP contribution is 2.29. The first-order valence-electron chi connectivity index (χ1n) is 8.29. The van der Waals surface area contributed by atoms with Gasteiger partial charge < -0.3 is 14.8 Å². The minimum Gasteiger partial charge on any atom is -0.493 e. The maximum Gasteiger partial charge on any atom is 0.435 e. The predicted molar refractivity (Wildman–Crippen MR) is 92.9 cm³/mol. The molecule has 2 rings (SSSR count). The Balaban J connectivity index is 1.97. The summed E-state index contributed by atoms with van der Waals surface area (Å²) in [5, 5.41) is 6.23. The highest BCUT2D eigenvalue weighted by atomic mass is 19.4. The van der Waals surface area contributed by atoms with Crippen LogP contribution in [0.25, 0.3) is 0 Å². The van der Waals surface area contributed by atoms with Crippen molar-refractivity contribution in [1.29, 1.82) is 0 Å². The fraction of sp³-hybridized carbons (Fsp3) is 0.444. The molecule has 0 saturated carbocycles. The lowest BCUT2D eigenvalue weighted by Gasteiger charge is -2.15. The first-order chi connectivity index (χ1) is 12.7. The van der Waals surface area contributed by atoms with Crippen molar-refractivity contribution in [1.82, 2.24) is 15.1 Å². The van der Waals surface area contributed by atoms with E-state index in [1.54, 1.807) is 13.2 Å². The van der Waals surface area contributed by atoms with Gasteiger partial charge in [-0.15, -0.1) is 0 Å². The molecule has 148 valence electrons. The summed E-state index contributed by atoms with van der Waals surface area (Å²) in [6.07, 6.45) is -4.01. The van der Waals surface area contributed by atoms with Crippen LogP contribution in [0.5, 0.6) is 11.5 Å². The van der Waals surface area contributed by atoms with Crippen molar-refractivity contribution in [3.63, 3.8) is 0 Å². The Labute approximate surface area is 155 Å². The molecule has 1 amide bonds. The number of halogens is 3. The van der Waals surface area contributed by atoms with Crippen LogP contribution in [-0.4, -0.2) is 36.5 Å². The number of benzene rings is 1. The van der Waals surface area contributed by atoms with Gasteiger partial charge >= 0.3 is 6.18 Å². The summed E-state index contributed by atoms with van der Waals surface area (Å²) < 4.78 is 49.7. The van der Waals surface area contributed by atoms with Crippen molar-refractivity contribution in [3.05, 3.63) is 41.2 Å². The molecular weight excluding hydrogens is 363 g/mol. The molecule has 0 aliphatic rings. The quantitative estimate of drug-likeness (QED) is 0.795. The normalized spacial score (nSPS) is 12.6. The summed E-state index contributed by atoms with van der Waals surface area (Å²) in [6, 6.07) is 5.50. The molecule has 1 unspecified atom stereocenters. The molecule has 6 nitrogen and oxygen atoms in total. The highest BCUT2D eigenvalue weighted by molar-refractivity contribution is 5.79. The number of carbonyl (C=O) groups is 1. The number of hydrogen-bond acceptors (Lipinski definition) is 4. The number of nitrogens with one attached hydrogen (secondary N) is 1. The molecular formula is C18H22F3N3O3. The zero-order chi connectivity index (χ0) is 20.2. The molecule has 0 saturated heterocycles. The van der Waals surface area contributed by atoms with Gasteiger partial charge in [-0.25, -0.2) is 0 Å². The summed E-state index contributed by atoms with van der Waals surface area (Å²) in [5.74, 6) is 0.783. The lowest BCUT2D eigenvalue weighted by Crippen LogP contribution is -2.33. The third kappa shape index (κ3) is 4.93. The number of nitrogens with zero attached hydrogens (tertiary/aromatic N) is 2. The van der Waals surface area contributed by atoms with Crippen LogP contribution < -0.4 is 14.8 Å². The molecule has 0 aliphatic carbocycles. The van der Waals surface area contributed by atoms with Gasteiger partial charge in [0.15, 0.2) is 17.2 Å². The summed E-state index contributed by atoms with van der Waals surface area (Å²) in [4.78, 5) is 12.3. The van der Waals surface area contributed by atoms with E-state index in [2.05, 4.69) is 10.4 Å². The number of aromatic nitrogens is 2. The summed E-state index contributed by atoms with van der Waals surface area (Å²) in [5.41, 5.74) is 0.185. The Bertz CT molecular complexity index is 803. The topological polar surface area (TPSA) is 65.4 Å². The van der Waals surface area contributed by atoms with Crippen molar-refractivity contribution in [3.8, 4) is 11.5 Å². The van der Waals surface area contributed by atoms with Gasteiger partial charge in [0, 0.05) is 12.2 Å². The zero-order valence-electron chi connectivity index (χ0n) is 15.6. The lowest BCUT2D eigenvalue weighted by molar-refractivity contribution is -0.142. The van der Waals surface area contributed by atoms with Crippen LogP contribution in [0.2, 0.25) is 0 Å². The molecule has 9 heteroatoms. The molecule has 0 radical (unpaired) electrons. The van der Waals surface area contributed by atoms with Gasteiger partial charge in [-0.3, -0.25) is 9.48 Å². The number of amides is 1. The molecule has 1 aromatic carbocycles. The van der Waals surface area contributed by atoms with Crippen LogP contribution >= 0.6 is 0 Å². The number of hydrogen-bond donors (Lipinski definition) is 1. The van der Waals surface area contributed by atoms with Crippen LogP contribution in [0.1, 0.15) is 29.9 Å². The van der Waals surface area contributed by atoms with Crippen LogP contribution in [0.3, 0.4) is 0 Å². The molecule has 1 aromatic heterocycles. The van der Waals surface area contributed by atoms with Crippen molar-refractivity contribution >= 4 is 5.91 Å². The minimum absolute atomic E-state index is 0.268. The van der Waals surface area contributed by atoms with Gasteiger partial charge in [0.2, 0.25) is 5.91 Å². The number of methoxy groups -OCH3 is 2. The summed E-state index contributed by atoms with van der Waals surface area (Å²) in [6.45, 7) is 3.31. The maximum atomic E-state index is 12.8. The van der Waals surface area contributed by atoms with E-state index in [9.17, 15) is 18.0 Å². The van der Waals surface area contributed by atoms with E-state index in [1.807, 2.05) is 12.1 Å². The molecule has 0 bridgehead atoms. The van der Waals surface area contributed by atoms with E-state index in [0.717, 1.165) is 16.3 Å². The summed E-state index contributed by atoms with van der Waals surface area (Å²) in [7, 11) is 3.08. The Hall–Kier alpha value is -2.71. The second-order valence-electron chi connectivity index (χ2n) is 6.02. The largest absolute Gasteiger partial charge is 0.493 e. The first-order valence-corrected chi connectivity index (χ1v) is 8.29. The Morgan fingerprint density at radius 2 is 1.89 bits per heavy atom. The number of carbonyl (C=O) groups excluding carboxylic acids is 1. The third-order valence-corrected chi connectivity index (χ3v) is 4.12. The maximum absolute atomic E-state index is 12.8. The van der Waals surface area contributed by atoms with Crippen LogP contribution in [0, 0.1) is 6.92 Å². The average Bonchev–Trinajstić information content (AvgIpc) is 3.02. The van der Waals surface area contributed by atoms with Gasteiger partial charge in [-0.05, 0) is 44.0 Å². The van der Waals surface area contributed by atoms with Gasteiger partial charge in [0.1, 0.15) is 6.04 Å². The molecule has 0 spiro atoms. The van der Waals surface area contributed by atoms with Crippen LogP contribution in [0.15, 0.2) is 24.3 Å². The predicted octanol–water partition coefficient (Wildman–Crippen LogP) is 3.15. The molecule has 27 heavy (non-hydrogen) atoms. The number of ether oxygens (including phenoxy) is 2. The zero-order valence-corrected chi connectivity index (χ0v) is 15.6. The van der Waals surface area contributed by atoms with Crippen molar-refractivity contribution < 1.29 is 27.4 Å². The number of rotatable bonds is 7. The fourth-order valence-corrected chi connectivity index (χ4v) is 2.64. The van der Waals surface area contributed by atoms with E-state index < -0.39 is 23.8 Å². The molecule has 0 aliphatic heterocycles. The Morgan fingerprint density at radius 3 is 2.44 bits per heavy atom. The molecule has 1 heterocycles. The first kappa shape index (κ1) is 20.6. The third-order valence-electron chi connectivity index (χ3n) is 4.12. The van der Waals surface area contributed by atoms with Gasteiger partial charge in [0.25, 0.3) is 0 Å². The van der Waals surface area contributed by atoms with E-state index in [4.69, 9.17) is 9.47 Å². The van der Waals surface area contributed by atoms with E-state index in [-0.39, 0.29) is 5.69 Å². The fourth-order valence-electron chi connectivity index (χ4n) is 2.64. The van der Waals surface area contributed by atoms with Crippen LogP contribution in [-0.2, 0) is 17.4 Å². The second-order valence-corrected chi connectivity index (χ2v) is 6.02. The van der Waals surface area contributed by atoms with Crippen molar-refractivity contribution in [2.24, 2.45) is 0 Å². The SMILES string of the molecule is COc1ccc(CCNC(=O)C(C)n2nc(C(F)(F)F)cc2C)cc1OC. The highest BCUT2D eigenvalue weighted by Gasteiger charge is 2.35. The Kier molecular flexibility index (Phi) is 6.35. The average molecular weight is 385 g/mol. The van der Waals surface area contributed by atoms with E-state index >= 15 is 0 Å². The number of aryl methyl sites for hydroxylation is 1. The van der Waals surface area contributed by atoms with Crippen LogP contribution in [0.4, 0.5) is 13.2 Å². The molecule has 2 aromatic rings. The minimum atomic E-state index is -4.54. The van der Waals surface area contributed by atoms with E-state index in [1.165, 1.54) is 21.0 Å². The molecule has 1 atom stereocenters. The number of alkyl halides is 3. The lowest BCUT2D eigenvalue weighted by atomic mass is 10.1. The van der Waals surface area contributed by atoms with E-state index in [0.29, 0.717) is 24.5 Å².